The number of nitrogens with one attached hydrogen (secondary N) is 2. The summed E-state index contributed by atoms with van der Waals surface area (Å²) in [5.74, 6) is 0.328. The molecule has 0 saturated carbocycles. The zero-order valence-electron chi connectivity index (χ0n) is 5.98. The minimum Gasteiger partial charge on any atom is -0.324 e. The number of nitrogens with zero attached hydrogens (tertiary/aromatic N) is 1. The predicted octanol–water partition coefficient (Wildman–Crippen LogP) is 0.399. The average molecular weight is 141 g/mol. The van der Waals surface area contributed by atoms with Crippen molar-refractivity contribution in [3.05, 3.63) is 0 Å². The van der Waals surface area contributed by atoms with Gasteiger partial charge in [0.2, 0.25) is 0 Å². The van der Waals surface area contributed by atoms with Gasteiger partial charge in [0.15, 0.2) is 0 Å². The van der Waals surface area contributed by atoms with E-state index in [1.54, 1.807) is 4.90 Å². The van der Waals surface area contributed by atoms with Crippen molar-refractivity contribution >= 4 is 11.9 Å². The summed E-state index contributed by atoms with van der Waals surface area (Å²) in [5, 5.41) is 9.58. The molecule has 1 heterocycles. The van der Waals surface area contributed by atoms with Crippen LogP contribution in [0.3, 0.4) is 0 Å². The summed E-state index contributed by atoms with van der Waals surface area (Å²) >= 11 is 0. The van der Waals surface area contributed by atoms with E-state index in [0.717, 1.165) is 6.54 Å². The monoisotopic (exact) mass is 141 g/mol. The first kappa shape index (κ1) is 7.05. The van der Waals surface area contributed by atoms with Gasteiger partial charge in [-0.05, 0) is 6.92 Å². The van der Waals surface area contributed by atoms with Crippen molar-refractivity contribution in [1.29, 1.82) is 5.41 Å². The lowest BCUT2D eigenvalue weighted by atomic mass is 10.3. The van der Waals surface area contributed by atoms with Crippen molar-refractivity contribution in [2.75, 3.05) is 13.1 Å². The molecule has 56 valence electrons. The Morgan fingerprint density at radius 3 is 3.00 bits per heavy atom. The van der Waals surface area contributed by atoms with Crippen molar-refractivity contribution in [2.45, 2.75) is 13.3 Å². The Balaban J connectivity index is 2.51. The molecule has 0 aromatic heterocycles. The van der Waals surface area contributed by atoms with Gasteiger partial charge in [-0.15, -0.1) is 0 Å². The Morgan fingerprint density at radius 1 is 1.80 bits per heavy atom. The lowest BCUT2D eigenvalue weighted by Gasteiger charge is -2.26. The van der Waals surface area contributed by atoms with E-state index < -0.39 is 0 Å². The average Bonchev–Trinajstić information content (AvgIpc) is 1.88. The number of amidine groups is 1. The second-order valence-electron chi connectivity index (χ2n) is 2.24. The van der Waals surface area contributed by atoms with Crippen LogP contribution >= 0.6 is 0 Å². The molecule has 0 aliphatic carbocycles. The van der Waals surface area contributed by atoms with Crippen molar-refractivity contribution in [2.24, 2.45) is 0 Å². The number of carbonyl (C=O) groups is 1. The van der Waals surface area contributed by atoms with Gasteiger partial charge in [0.05, 0.1) is 0 Å². The standard InChI is InChI=1S/C6H11N3O/c1-2-9-4-3-5(7)8-6(9)10/h2-4H2,1H3,(H2,7,8,10). The number of carbonyl (C=O) groups excluding carboxylic acids is 1. The van der Waals surface area contributed by atoms with Crippen molar-refractivity contribution in [1.82, 2.24) is 10.2 Å². The lowest BCUT2D eigenvalue weighted by Crippen LogP contribution is -2.48. The van der Waals surface area contributed by atoms with E-state index in [-0.39, 0.29) is 6.03 Å². The largest absolute Gasteiger partial charge is 0.324 e. The lowest BCUT2D eigenvalue weighted by molar-refractivity contribution is 0.202. The molecule has 0 unspecified atom stereocenters. The summed E-state index contributed by atoms with van der Waals surface area (Å²) < 4.78 is 0. The highest BCUT2D eigenvalue weighted by molar-refractivity contribution is 5.98. The molecule has 2 N–H and O–H groups in total. The highest BCUT2D eigenvalue weighted by atomic mass is 16.2. The fourth-order valence-electron chi connectivity index (χ4n) is 0.921. The fourth-order valence-corrected chi connectivity index (χ4v) is 0.921. The topological polar surface area (TPSA) is 56.2 Å². The molecule has 0 aromatic carbocycles. The second-order valence-corrected chi connectivity index (χ2v) is 2.24. The summed E-state index contributed by atoms with van der Waals surface area (Å²) in [7, 11) is 0. The van der Waals surface area contributed by atoms with Crippen molar-refractivity contribution in [3.63, 3.8) is 0 Å². The van der Waals surface area contributed by atoms with Crippen LogP contribution in [0.2, 0.25) is 0 Å². The van der Waals surface area contributed by atoms with Crippen LogP contribution in [0.4, 0.5) is 4.79 Å². The SMILES string of the molecule is CCN1CCC(=N)NC1=O. The van der Waals surface area contributed by atoms with Gasteiger partial charge in [-0.1, -0.05) is 0 Å². The van der Waals surface area contributed by atoms with E-state index in [9.17, 15) is 4.79 Å². The van der Waals surface area contributed by atoms with Crippen LogP contribution in [0.1, 0.15) is 13.3 Å². The third kappa shape index (κ3) is 1.26. The molecule has 4 heteroatoms. The van der Waals surface area contributed by atoms with Gasteiger partial charge in [0.25, 0.3) is 0 Å². The minimum absolute atomic E-state index is 0.140. The molecule has 1 aliphatic heterocycles. The third-order valence-corrected chi connectivity index (χ3v) is 1.56. The van der Waals surface area contributed by atoms with E-state index in [1.165, 1.54) is 0 Å². The molecule has 10 heavy (non-hydrogen) atoms. The summed E-state index contributed by atoms with van der Waals surface area (Å²) in [6.07, 6.45) is 0.652. The van der Waals surface area contributed by atoms with Crippen LogP contribution in [0, 0.1) is 5.41 Å². The molecule has 0 radical (unpaired) electrons. The van der Waals surface area contributed by atoms with Gasteiger partial charge in [-0.2, -0.15) is 0 Å². The smallest absolute Gasteiger partial charge is 0.322 e. The van der Waals surface area contributed by atoms with E-state index in [4.69, 9.17) is 5.41 Å². The number of hydrogen-bond donors (Lipinski definition) is 2. The summed E-state index contributed by atoms with van der Waals surface area (Å²) in [6, 6.07) is -0.140. The van der Waals surface area contributed by atoms with Crippen LogP contribution in [0.5, 0.6) is 0 Å². The maximum Gasteiger partial charge on any atom is 0.322 e. The van der Waals surface area contributed by atoms with Crippen LogP contribution in [0.15, 0.2) is 0 Å². The quantitative estimate of drug-likeness (QED) is 0.545. The molecule has 0 bridgehead atoms. The molecule has 0 atom stereocenters. The highest BCUT2D eigenvalue weighted by Crippen LogP contribution is 1.98. The Bertz CT molecular complexity index is 166. The molecule has 1 fully saturated rings. The molecule has 1 rings (SSSR count). The first-order chi connectivity index (χ1) is 4.74. The fraction of sp³-hybridized carbons (Fsp3) is 0.667. The maximum absolute atomic E-state index is 10.9. The normalized spacial score (nSPS) is 19.1. The number of hydrogen-bond acceptors (Lipinski definition) is 2. The first-order valence-electron chi connectivity index (χ1n) is 3.37. The molecule has 0 aromatic rings. The van der Waals surface area contributed by atoms with Gasteiger partial charge < -0.3 is 4.90 Å². The first-order valence-corrected chi connectivity index (χ1v) is 3.37. The second kappa shape index (κ2) is 2.68. The molecule has 2 amide bonds. The summed E-state index contributed by atoms with van der Waals surface area (Å²) in [6.45, 7) is 3.33. The predicted molar refractivity (Wildman–Crippen MR) is 38.1 cm³/mol. The Kier molecular flexibility index (Phi) is 1.89. The molecule has 0 spiro atoms. The summed E-state index contributed by atoms with van der Waals surface area (Å²) in [5.41, 5.74) is 0. The summed E-state index contributed by atoms with van der Waals surface area (Å²) in [4.78, 5) is 12.6. The zero-order valence-corrected chi connectivity index (χ0v) is 5.98. The van der Waals surface area contributed by atoms with Crippen LogP contribution in [-0.2, 0) is 0 Å². The van der Waals surface area contributed by atoms with E-state index >= 15 is 0 Å². The molecule has 1 aliphatic rings. The van der Waals surface area contributed by atoms with Crippen LogP contribution in [0.25, 0.3) is 0 Å². The van der Waals surface area contributed by atoms with Crippen molar-refractivity contribution < 1.29 is 4.79 Å². The van der Waals surface area contributed by atoms with Crippen LogP contribution in [-0.4, -0.2) is 29.9 Å². The van der Waals surface area contributed by atoms with Gasteiger partial charge in [-0.3, -0.25) is 10.7 Å². The van der Waals surface area contributed by atoms with Gasteiger partial charge in [-0.25, -0.2) is 4.79 Å². The Hall–Kier alpha value is -1.06. The molecule has 1 saturated heterocycles. The van der Waals surface area contributed by atoms with Crippen molar-refractivity contribution in [3.8, 4) is 0 Å². The van der Waals surface area contributed by atoms with Gasteiger partial charge in [0, 0.05) is 19.5 Å². The minimum atomic E-state index is -0.140. The Labute approximate surface area is 59.7 Å². The van der Waals surface area contributed by atoms with E-state index in [1.807, 2.05) is 6.92 Å². The zero-order chi connectivity index (χ0) is 7.56. The number of urea groups is 1. The van der Waals surface area contributed by atoms with Gasteiger partial charge in [0.1, 0.15) is 5.84 Å². The maximum atomic E-state index is 10.9. The number of amides is 2. The molecule has 4 nitrogen and oxygen atoms in total. The van der Waals surface area contributed by atoms with E-state index in [0.29, 0.717) is 18.8 Å². The van der Waals surface area contributed by atoms with Crippen LogP contribution < -0.4 is 5.32 Å². The highest BCUT2D eigenvalue weighted by Gasteiger charge is 2.18. The Morgan fingerprint density at radius 2 is 2.50 bits per heavy atom. The van der Waals surface area contributed by atoms with Gasteiger partial charge >= 0.3 is 6.03 Å². The number of rotatable bonds is 1. The molecular formula is C6H11N3O. The molecular weight excluding hydrogens is 130 g/mol. The van der Waals surface area contributed by atoms with E-state index in [2.05, 4.69) is 5.32 Å². The third-order valence-electron chi connectivity index (χ3n) is 1.56.